The monoisotopic (exact) mass is 314 g/mol. The van der Waals surface area contributed by atoms with Crippen molar-refractivity contribution in [2.45, 2.75) is 11.4 Å². The molecule has 1 N–H and O–H groups in total. The van der Waals surface area contributed by atoms with Crippen molar-refractivity contribution in [3.63, 3.8) is 0 Å². The van der Waals surface area contributed by atoms with Gasteiger partial charge in [0.15, 0.2) is 0 Å². The largest absolute Gasteiger partial charge is 0.477 e. The van der Waals surface area contributed by atoms with Crippen LogP contribution in [0.1, 0.15) is 15.4 Å². The summed E-state index contributed by atoms with van der Waals surface area (Å²) in [5, 5.41) is 10.8. The number of sulfonamides is 1. The molecule has 0 spiro atoms. The Balaban J connectivity index is 2.30. The fourth-order valence-electron chi connectivity index (χ4n) is 1.77. The van der Waals surface area contributed by atoms with Crippen molar-refractivity contribution in [3.05, 3.63) is 40.3 Å². The number of carboxylic acids is 1. The summed E-state index contributed by atoms with van der Waals surface area (Å²) in [6.45, 7) is 0.261. The van der Waals surface area contributed by atoms with E-state index in [9.17, 15) is 13.2 Å². The predicted octanol–water partition coefficient (Wildman–Crippen LogP) is 1.61. The van der Waals surface area contributed by atoms with Gasteiger partial charge in [0.05, 0.1) is 0 Å². The lowest BCUT2D eigenvalue weighted by Gasteiger charge is -2.15. The first-order chi connectivity index (χ1) is 9.32. The van der Waals surface area contributed by atoms with Crippen molar-refractivity contribution in [1.29, 1.82) is 0 Å². The van der Waals surface area contributed by atoms with E-state index < -0.39 is 16.0 Å². The van der Waals surface area contributed by atoms with Crippen molar-refractivity contribution in [2.75, 3.05) is 7.05 Å². The predicted molar refractivity (Wildman–Crippen MR) is 75.3 cm³/mol. The van der Waals surface area contributed by atoms with Crippen LogP contribution in [0.25, 0.3) is 0 Å². The Bertz CT molecular complexity index is 717. The molecule has 0 unspecified atom stereocenters. The molecule has 0 bridgehead atoms. The first-order valence-corrected chi connectivity index (χ1v) is 8.02. The van der Waals surface area contributed by atoms with Gasteiger partial charge in [0, 0.05) is 31.7 Å². The molecule has 0 atom stereocenters. The first-order valence-electron chi connectivity index (χ1n) is 5.70. The molecule has 2 rings (SSSR count). The maximum absolute atomic E-state index is 12.4. The molecule has 8 heteroatoms. The number of hydrogen-bond acceptors (Lipinski definition) is 4. The van der Waals surface area contributed by atoms with E-state index in [4.69, 9.17) is 5.11 Å². The van der Waals surface area contributed by atoms with Crippen LogP contribution in [0.15, 0.2) is 34.7 Å². The molecule has 2 aromatic rings. The number of rotatable bonds is 5. The van der Waals surface area contributed by atoms with E-state index in [1.165, 1.54) is 46.6 Å². The standard InChI is InChI=1S/C12H14N2O4S2/c1-13-8-10(6-11(13)12(15)16)20(17,18)14(2)7-9-4-3-5-19-9/h3-6,8H,7H2,1-2H3,(H,15,16). The highest BCUT2D eigenvalue weighted by atomic mass is 32.2. The van der Waals surface area contributed by atoms with Gasteiger partial charge in [0.1, 0.15) is 10.6 Å². The van der Waals surface area contributed by atoms with Gasteiger partial charge in [-0.25, -0.2) is 13.2 Å². The Kier molecular flexibility index (Phi) is 3.98. The first kappa shape index (κ1) is 14.8. The number of hydrogen-bond donors (Lipinski definition) is 1. The maximum Gasteiger partial charge on any atom is 0.352 e. The summed E-state index contributed by atoms with van der Waals surface area (Å²) in [7, 11) is -0.718. The minimum atomic E-state index is -3.69. The lowest BCUT2D eigenvalue weighted by molar-refractivity contribution is 0.0686. The second-order valence-electron chi connectivity index (χ2n) is 4.32. The molecule has 0 saturated carbocycles. The van der Waals surface area contributed by atoms with Gasteiger partial charge in [0.25, 0.3) is 0 Å². The molecule has 0 fully saturated rings. The van der Waals surface area contributed by atoms with Gasteiger partial charge < -0.3 is 9.67 Å². The van der Waals surface area contributed by atoms with Gasteiger partial charge in [-0.2, -0.15) is 4.31 Å². The molecule has 0 aliphatic carbocycles. The summed E-state index contributed by atoms with van der Waals surface area (Å²) in [6.07, 6.45) is 1.31. The molecule has 20 heavy (non-hydrogen) atoms. The van der Waals surface area contributed by atoms with Gasteiger partial charge >= 0.3 is 5.97 Å². The summed E-state index contributed by atoms with van der Waals surface area (Å²) < 4.78 is 27.2. The highest BCUT2D eigenvalue weighted by Crippen LogP contribution is 2.20. The SMILES string of the molecule is CN(Cc1cccs1)S(=O)(=O)c1cc(C(=O)O)n(C)c1. The van der Waals surface area contributed by atoms with Crippen LogP contribution in [-0.2, 0) is 23.6 Å². The van der Waals surface area contributed by atoms with E-state index in [-0.39, 0.29) is 17.1 Å². The second-order valence-corrected chi connectivity index (χ2v) is 7.39. The van der Waals surface area contributed by atoms with Gasteiger partial charge in [-0.05, 0) is 17.5 Å². The molecular formula is C12H14N2O4S2. The van der Waals surface area contributed by atoms with Crippen LogP contribution in [-0.4, -0.2) is 35.4 Å². The average molecular weight is 314 g/mol. The Labute approximate surface area is 120 Å². The molecule has 6 nitrogen and oxygen atoms in total. The zero-order valence-corrected chi connectivity index (χ0v) is 12.6. The van der Waals surface area contributed by atoms with Crippen LogP contribution in [0.5, 0.6) is 0 Å². The van der Waals surface area contributed by atoms with Gasteiger partial charge in [0.2, 0.25) is 10.0 Å². The molecule has 108 valence electrons. The number of thiophene rings is 1. The van der Waals surface area contributed by atoms with E-state index in [2.05, 4.69) is 0 Å². The number of aromatic carboxylic acids is 1. The van der Waals surface area contributed by atoms with Crippen LogP contribution in [0, 0.1) is 0 Å². The fourth-order valence-corrected chi connectivity index (χ4v) is 3.83. The summed E-state index contributed by atoms with van der Waals surface area (Å²) in [6, 6.07) is 4.87. The third-order valence-electron chi connectivity index (χ3n) is 2.87. The van der Waals surface area contributed by atoms with Gasteiger partial charge in [-0.1, -0.05) is 6.07 Å². The zero-order valence-electron chi connectivity index (χ0n) is 11.0. The van der Waals surface area contributed by atoms with Crippen LogP contribution in [0.2, 0.25) is 0 Å². The highest BCUT2D eigenvalue weighted by Gasteiger charge is 2.24. The Hall–Kier alpha value is -1.64. The Morgan fingerprint density at radius 2 is 2.20 bits per heavy atom. The second kappa shape index (κ2) is 5.39. The third-order valence-corrected chi connectivity index (χ3v) is 5.50. The number of aryl methyl sites for hydroxylation is 1. The summed E-state index contributed by atoms with van der Waals surface area (Å²) in [4.78, 5) is 11.9. The van der Waals surface area contributed by atoms with Crippen LogP contribution in [0.3, 0.4) is 0 Å². The van der Waals surface area contributed by atoms with Gasteiger partial charge in [-0.15, -0.1) is 11.3 Å². The van der Waals surface area contributed by atoms with Crippen LogP contribution < -0.4 is 0 Å². The molecule has 0 aliphatic heterocycles. The van der Waals surface area contributed by atoms with E-state index in [1.54, 1.807) is 0 Å². The number of carboxylic acid groups (broad SMARTS) is 1. The quantitative estimate of drug-likeness (QED) is 0.909. The molecule has 0 aliphatic rings. The van der Waals surface area contributed by atoms with Crippen molar-refractivity contribution < 1.29 is 18.3 Å². The highest BCUT2D eigenvalue weighted by molar-refractivity contribution is 7.89. The topological polar surface area (TPSA) is 79.6 Å². The average Bonchev–Trinajstić information content (AvgIpc) is 2.98. The van der Waals surface area contributed by atoms with Crippen molar-refractivity contribution >= 4 is 27.3 Å². The molecule has 0 radical (unpaired) electrons. The molecular weight excluding hydrogens is 300 g/mol. The van der Waals surface area contributed by atoms with E-state index in [0.717, 1.165) is 4.88 Å². The molecule has 0 aromatic carbocycles. The van der Waals surface area contributed by atoms with Crippen molar-refractivity contribution in [3.8, 4) is 0 Å². The van der Waals surface area contributed by atoms with Crippen molar-refractivity contribution in [1.82, 2.24) is 8.87 Å². The summed E-state index contributed by atoms with van der Waals surface area (Å²) >= 11 is 1.47. The summed E-state index contributed by atoms with van der Waals surface area (Å²) in [5.74, 6) is -1.16. The zero-order chi connectivity index (χ0) is 14.9. The number of nitrogens with zero attached hydrogens (tertiary/aromatic N) is 2. The summed E-state index contributed by atoms with van der Waals surface area (Å²) in [5.41, 5.74) is -0.0619. The lowest BCUT2D eigenvalue weighted by atomic mass is 10.4. The molecule has 2 heterocycles. The maximum atomic E-state index is 12.4. The fraction of sp³-hybridized carbons (Fsp3) is 0.250. The van der Waals surface area contributed by atoms with Gasteiger partial charge in [-0.3, -0.25) is 0 Å². The van der Waals surface area contributed by atoms with E-state index >= 15 is 0 Å². The minimum absolute atomic E-state index is 0.0172. The Morgan fingerprint density at radius 3 is 2.70 bits per heavy atom. The number of aromatic nitrogens is 1. The van der Waals surface area contributed by atoms with Crippen LogP contribution >= 0.6 is 11.3 Å². The minimum Gasteiger partial charge on any atom is -0.477 e. The van der Waals surface area contributed by atoms with E-state index in [1.807, 2.05) is 17.5 Å². The molecule has 0 amide bonds. The van der Waals surface area contributed by atoms with Crippen molar-refractivity contribution in [2.24, 2.45) is 7.05 Å². The molecule has 0 saturated heterocycles. The van der Waals surface area contributed by atoms with E-state index in [0.29, 0.717) is 0 Å². The Morgan fingerprint density at radius 1 is 1.50 bits per heavy atom. The van der Waals surface area contributed by atoms with Crippen LogP contribution in [0.4, 0.5) is 0 Å². The normalized spacial score (nSPS) is 11.9. The third kappa shape index (κ3) is 2.77. The molecule has 2 aromatic heterocycles. The number of carbonyl (C=O) groups is 1. The smallest absolute Gasteiger partial charge is 0.352 e. The lowest BCUT2D eigenvalue weighted by Crippen LogP contribution is -2.25.